The highest BCUT2D eigenvalue weighted by Gasteiger charge is 2.24. The van der Waals surface area contributed by atoms with Gasteiger partial charge in [0.05, 0.1) is 11.3 Å². The van der Waals surface area contributed by atoms with E-state index in [1.165, 1.54) is 11.0 Å². The molecule has 2 N–H and O–H groups in total. The fourth-order valence-corrected chi connectivity index (χ4v) is 5.36. The topological polar surface area (TPSA) is 79.0 Å². The highest BCUT2D eigenvalue weighted by Crippen LogP contribution is 2.32. The molecule has 4 rings (SSSR count). The summed E-state index contributed by atoms with van der Waals surface area (Å²) in [6.07, 6.45) is 1.80. The molecule has 1 amide bonds. The Labute approximate surface area is 170 Å². The predicted molar refractivity (Wildman–Crippen MR) is 116 cm³/mol. The van der Waals surface area contributed by atoms with Crippen LogP contribution in [0.5, 0.6) is 0 Å². The molecule has 0 bridgehead atoms. The quantitative estimate of drug-likeness (QED) is 0.669. The van der Waals surface area contributed by atoms with Gasteiger partial charge in [0.15, 0.2) is 9.84 Å². The minimum atomic E-state index is -3.14. The average Bonchev–Trinajstić information content (AvgIpc) is 3.19. The van der Waals surface area contributed by atoms with Gasteiger partial charge < -0.3 is 10.3 Å². The number of benzene rings is 2. The van der Waals surface area contributed by atoms with Gasteiger partial charge in [-0.25, -0.2) is 8.42 Å². The summed E-state index contributed by atoms with van der Waals surface area (Å²) in [6, 6.07) is 14.4. The molecule has 2 aromatic carbocycles. The molecule has 1 aliphatic rings. The Balaban J connectivity index is 1.56. The minimum Gasteiger partial charge on any atom is -0.354 e. The second-order valence-electron chi connectivity index (χ2n) is 7.74. The van der Waals surface area contributed by atoms with E-state index in [-0.39, 0.29) is 24.0 Å². The number of hydrogen-bond acceptors (Lipinski definition) is 3. The molecule has 0 aliphatic carbocycles. The van der Waals surface area contributed by atoms with E-state index >= 15 is 0 Å². The number of rotatable bonds is 5. The molecule has 0 fully saturated rings. The van der Waals surface area contributed by atoms with Gasteiger partial charge in [-0.3, -0.25) is 4.79 Å². The van der Waals surface area contributed by atoms with Gasteiger partial charge in [0.25, 0.3) is 0 Å². The number of H-pyrrole nitrogens is 1. The molecule has 5 nitrogen and oxygen atoms in total. The first kappa shape index (κ1) is 19.5. The molecule has 0 saturated carbocycles. The van der Waals surface area contributed by atoms with E-state index < -0.39 is 9.84 Å². The van der Waals surface area contributed by atoms with E-state index in [1.54, 1.807) is 6.08 Å². The van der Waals surface area contributed by atoms with Gasteiger partial charge in [-0.15, -0.1) is 0 Å². The Morgan fingerprint density at radius 3 is 2.62 bits per heavy atom. The van der Waals surface area contributed by atoms with E-state index in [0.29, 0.717) is 6.54 Å². The van der Waals surface area contributed by atoms with Crippen molar-refractivity contribution >= 4 is 26.6 Å². The highest BCUT2D eigenvalue weighted by atomic mass is 32.2. The number of carbonyl (C=O) groups excluding carboxylic acids is 1. The third-order valence-corrected chi connectivity index (χ3v) is 6.85. The summed E-state index contributed by atoms with van der Waals surface area (Å²) < 4.78 is 23.0. The highest BCUT2D eigenvalue weighted by molar-refractivity contribution is 7.94. The maximum Gasteiger partial charge on any atom is 0.220 e. The van der Waals surface area contributed by atoms with E-state index in [0.717, 1.165) is 33.3 Å². The summed E-state index contributed by atoms with van der Waals surface area (Å²) in [5.74, 6) is -0.362. The summed E-state index contributed by atoms with van der Waals surface area (Å²) in [5.41, 5.74) is 6.57. The molecular formula is C23H24N2O3S. The van der Waals surface area contributed by atoms with Gasteiger partial charge in [0, 0.05) is 35.4 Å². The fraction of sp³-hybridized carbons (Fsp3) is 0.261. The number of aromatic amines is 1. The number of hydrogen-bond donors (Lipinski definition) is 2. The summed E-state index contributed by atoms with van der Waals surface area (Å²) in [5, 5.41) is 5.31. The van der Waals surface area contributed by atoms with Gasteiger partial charge in [-0.2, -0.15) is 0 Å². The molecule has 0 saturated heterocycles. The average molecular weight is 409 g/mol. The molecule has 150 valence electrons. The van der Waals surface area contributed by atoms with Crippen molar-refractivity contribution in [2.75, 3.05) is 5.75 Å². The number of aromatic nitrogens is 1. The van der Waals surface area contributed by atoms with Crippen molar-refractivity contribution in [3.05, 3.63) is 70.6 Å². The van der Waals surface area contributed by atoms with Crippen molar-refractivity contribution < 1.29 is 13.2 Å². The lowest BCUT2D eigenvalue weighted by Crippen LogP contribution is -2.25. The van der Waals surface area contributed by atoms with Crippen LogP contribution in [0.25, 0.3) is 22.2 Å². The zero-order chi connectivity index (χ0) is 20.6. The Morgan fingerprint density at radius 2 is 1.93 bits per heavy atom. The number of amides is 1. The van der Waals surface area contributed by atoms with Crippen molar-refractivity contribution in [1.29, 1.82) is 0 Å². The third-order valence-electron chi connectivity index (χ3n) is 5.38. The molecule has 0 radical (unpaired) electrons. The van der Waals surface area contributed by atoms with Crippen LogP contribution in [0, 0.1) is 19.8 Å². The number of allylic oxidation sites excluding steroid dienone is 1. The Bertz CT molecular complexity index is 1210. The van der Waals surface area contributed by atoms with Gasteiger partial charge >= 0.3 is 0 Å². The van der Waals surface area contributed by atoms with Crippen LogP contribution in [0.3, 0.4) is 0 Å². The summed E-state index contributed by atoms with van der Waals surface area (Å²) in [6.45, 7) is 4.55. The van der Waals surface area contributed by atoms with Gasteiger partial charge in [0.1, 0.15) is 0 Å². The van der Waals surface area contributed by atoms with Crippen molar-refractivity contribution in [3.8, 4) is 11.3 Å². The molecule has 1 aliphatic heterocycles. The summed E-state index contributed by atoms with van der Waals surface area (Å²) in [7, 11) is -3.14. The molecule has 1 aromatic heterocycles. The lowest BCUT2D eigenvalue weighted by Gasteiger charge is -2.10. The van der Waals surface area contributed by atoms with E-state index in [9.17, 15) is 13.2 Å². The van der Waals surface area contributed by atoms with Crippen molar-refractivity contribution in [1.82, 2.24) is 10.3 Å². The van der Waals surface area contributed by atoms with Crippen LogP contribution in [0.2, 0.25) is 0 Å². The van der Waals surface area contributed by atoms with Crippen LogP contribution >= 0.6 is 0 Å². The normalized spacial score (nSPS) is 17.7. The molecular weight excluding hydrogens is 384 g/mol. The second kappa shape index (κ2) is 7.52. The fourth-order valence-electron chi connectivity index (χ4n) is 3.96. The van der Waals surface area contributed by atoms with Crippen molar-refractivity contribution in [2.24, 2.45) is 5.92 Å². The summed E-state index contributed by atoms with van der Waals surface area (Å²) >= 11 is 0. The number of aryl methyl sites for hydroxylation is 2. The maximum atomic E-state index is 12.3. The zero-order valence-electron chi connectivity index (χ0n) is 16.5. The zero-order valence-corrected chi connectivity index (χ0v) is 17.3. The standard InChI is InChI=1S/C23H24N2O3S/c1-15-10-19(13-24-21(26)12-17-8-9-29(27,28)14-17)23-20(11-15)16(2)22(25-23)18-6-4-3-5-7-18/h3-11,17,25H,12-14H2,1-2H3,(H,24,26). The summed E-state index contributed by atoms with van der Waals surface area (Å²) in [4.78, 5) is 15.9. The van der Waals surface area contributed by atoms with Crippen molar-refractivity contribution in [3.63, 3.8) is 0 Å². The molecule has 6 heteroatoms. The van der Waals surface area contributed by atoms with Crippen LogP contribution in [0.15, 0.2) is 53.9 Å². The molecule has 2 heterocycles. The number of fused-ring (bicyclic) bond motifs is 1. The van der Waals surface area contributed by atoms with Crippen molar-refractivity contribution in [2.45, 2.75) is 26.8 Å². The lowest BCUT2D eigenvalue weighted by molar-refractivity contribution is -0.121. The molecule has 3 aromatic rings. The number of sulfone groups is 1. The molecule has 29 heavy (non-hydrogen) atoms. The van der Waals surface area contributed by atoms with Gasteiger partial charge in [-0.1, -0.05) is 48.0 Å². The van der Waals surface area contributed by atoms with Gasteiger partial charge in [0.2, 0.25) is 5.91 Å². The first-order valence-electron chi connectivity index (χ1n) is 9.67. The Morgan fingerprint density at radius 1 is 1.17 bits per heavy atom. The van der Waals surface area contributed by atoms with Crippen LogP contribution in [0.4, 0.5) is 0 Å². The predicted octanol–water partition coefficient (Wildman–Crippen LogP) is 4.02. The first-order chi connectivity index (χ1) is 13.8. The van der Waals surface area contributed by atoms with Gasteiger partial charge in [-0.05, 0) is 36.6 Å². The maximum absolute atomic E-state index is 12.3. The van der Waals surface area contributed by atoms with E-state index in [2.05, 4.69) is 41.5 Å². The van der Waals surface area contributed by atoms with Crippen LogP contribution < -0.4 is 5.32 Å². The molecule has 0 spiro atoms. The third kappa shape index (κ3) is 4.12. The number of nitrogens with one attached hydrogen (secondary N) is 2. The minimum absolute atomic E-state index is 0.0192. The lowest BCUT2D eigenvalue weighted by atomic mass is 10.0. The monoisotopic (exact) mass is 408 g/mol. The Kier molecular flexibility index (Phi) is 5.04. The second-order valence-corrected chi connectivity index (χ2v) is 9.67. The first-order valence-corrected chi connectivity index (χ1v) is 11.4. The van der Waals surface area contributed by atoms with Crippen LogP contribution in [0.1, 0.15) is 23.1 Å². The SMILES string of the molecule is Cc1cc(CNC(=O)CC2C=CS(=O)(=O)C2)c2[nH]c(-c3ccccc3)c(C)c2c1. The number of carbonyl (C=O) groups is 1. The van der Waals surface area contributed by atoms with Crippen LogP contribution in [-0.2, 0) is 21.2 Å². The van der Waals surface area contributed by atoms with E-state index in [1.807, 2.05) is 25.1 Å². The van der Waals surface area contributed by atoms with E-state index in [4.69, 9.17) is 0 Å². The smallest absolute Gasteiger partial charge is 0.220 e. The largest absolute Gasteiger partial charge is 0.354 e. The van der Waals surface area contributed by atoms with Crippen LogP contribution in [-0.4, -0.2) is 25.1 Å². The Hall–Kier alpha value is -2.86. The molecule has 1 unspecified atom stereocenters. The molecule has 1 atom stereocenters.